The van der Waals surface area contributed by atoms with E-state index in [0.29, 0.717) is 29.0 Å². The van der Waals surface area contributed by atoms with Gasteiger partial charge >= 0.3 is 0 Å². The van der Waals surface area contributed by atoms with E-state index in [1.165, 1.54) is 11.8 Å². The molecule has 1 aromatic heterocycles. The Bertz CT molecular complexity index is 1170. The van der Waals surface area contributed by atoms with Crippen molar-refractivity contribution in [2.45, 2.75) is 51.4 Å². The van der Waals surface area contributed by atoms with E-state index in [9.17, 15) is 9.59 Å². The maximum Gasteiger partial charge on any atom is 0.251 e. The lowest BCUT2D eigenvalue weighted by Gasteiger charge is -2.16. The average molecular weight is 478 g/mol. The molecule has 0 aliphatic rings. The van der Waals surface area contributed by atoms with Gasteiger partial charge in [0.2, 0.25) is 5.91 Å². The van der Waals surface area contributed by atoms with Crippen LogP contribution in [0.1, 0.15) is 60.0 Å². The van der Waals surface area contributed by atoms with Crippen LogP contribution in [-0.2, 0) is 11.3 Å². The number of aromatic nitrogens is 3. The Hall–Kier alpha value is -3.39. The molecule has 34 heavy (non-hydrogen) atoms. The summed E-state index contributed by atoms with van der Waals surface area (Å²) >= 11 is 1.30. The molecule has 2 amide bonds. The highest BCUT2D eigenvalue weighted by Crippen LogP contribution is 2.25. The Balaban J connectivity index is 1.68. The zero-order chi connectivity index (χ0) is 24.7. The van der Waals surface area contributed by atoms with E-state index >= 15 is 0 Å². The van der Waals surface area contributed by atoms with Crippen molar-refractivity contribution in [1.82, 2.24) is 20.1 Å². The second kappa shape index (κ2) is 11.7. The molecule has 2 N–H and O–H groups in total. The quantitative estimate of drug-likeness (QED) is 0.313. The Morgan fingerprint density at radius 3 is 2.59 bits per heavy atom. The first-order valence-corrected chi connectivity index (χ1v) is 12.2. The van der Waals surface area contributed by atoms with Crippen molar-refractivity contribution in [3.63, 3.8) is 0 Å². The molecular formula is C26H31N5O2S. The third kappa shape index (κ3) is 6.35. The number of rotatable bonds is 10. The summed E-state index contributed by atoms with van der Waals surface area (Å²) in [6, 6.07) is 14.9. The smallest absolute Gasteiger partial charge is 0.251 e. The van der Waals surface area contributed by atoms with Crippen LogP contribution in [0.15, 0.2) is 66.3 Å². The molecule has 7 nitrogen and oxygen atoms in total. The fourth-order valence-electron chi connectivity index (χ4n) is 3.59. The van der Waals surface area contributed by atoms with Crippen LogP contribution in [0.4, 0.5) is 5.69 Å². The maximum absolute atomic E-state index is 12.7. The minimum absolute atomic E-state index is 0.117. The number of allylic oxidation sites excluding steroid dienone is 1. The van der Waals surface area contributed by atoms with Crippen molar-refractivity contribution in [3.8, 4) is 0 Å². The lowest BCUT2D eigenvalue weighted by atomic mass is 10.0. The SMILES string of the molecule is C=CCn1c(SCC(=O)Nc2ccccc2C(C)C)nnc1[C@@H](C)NC(=O)c1cccc(C)c1. The number of hydrogen-bond donors (Lipinski definition) is 2. The number of amides is 2. The topological polar surface area (TPSA) is 88.9 Å². The monoisotopic (exact) mass is 477 g/mol. The van der Waals surface area contributed by atoms with Gasteiger partial charge in [0.05, 0.1) is 11.8 Å². The van der Waals surface area contributed by atoms with Crippen molar-refractivity contribution < 1.29 is 9.59 Å². The van der Waals surface area contributed by atoms with Crippen molar-refractivity contribution in [2.75, 3.05) is 11.1 Å². The highest BCUT2D eigenvalue weighted by atomic mass is 32.2. The average Bonchev–Trinajstić information content (AvgIpc) is 3.21. The van der Waals surface area contributed by atoms with Gasteiger partial charge in [-0.2, -0.15) is 0 Å². The largest absolute Gasteiger partial charge is 0.342 e. The fraction of sp³-hybridized carbons (Fsp3) is 0.308. The number of hydrogen-bond acceptors (Lipinski definition) is 5. The Labute approximate surface area is 205 Å². The number of nitrogens with zero attached hydrogens (tertiary/aromatic N) is 3. The molecule has 0 spiro atoms. The molecule has 1 atom stereocenters. The molecule has 0 saturated carbocycles. The normalized spacial score (nSPS) is 11.8. The van der Waals surface area contributed by atoms with E-state index in [1.807, 2.05) is 60.9 Å². The number of benzene rings is 2. The summed E-state index contributed by atoms with van der Waals surface area (Å²) in [5, 5.41) is 15.1. The van der Waals surface area contributed by atoms with Crippen molar-refractivity contribution in [3.05, 3.63) is 83.7 Å². The zero-order valence-electron chi connectivity index (χ0n) is 20.0. The minimum atomic E-state index is -0.374. The summed E-state index contributed by atoms with van der Waals surface area (Å²) < 4.78 is 1.87. The van der Waals surface area contributed by atoms with Gasteiger partial charge in [0, 0.05) is 17.8 Å². The summed E-state index contributed by atoms with van der Waals surface area (Å²) in [6.45, 7) is 12.3. The Morgan fingerprint density at radius 2 is 1.88 bits per heavy atom. The second-order valence-electron chi connectivity index (χ2n) is 8.38. The first-order valence-electron chi connectivity index (χ1n) is 11.2. The summed E-state index contributed by atoms with van der Waals surface area (Å²) in [4.78, 5) is 25.3. The van der Waals surface area contributed by atoms with Crippen LogP contribution < -0.4 is 10.6 Å². The van der Waals surface area contributed by atoms with Gasteiger partial charge in [-0.1, -0.05) is 67.6 Å². The van der Waals surface area contributed by atoms with Gasteiger partial charge in [-0.15, -0.1) is 16.8 Å². The van der Waals surface area contributed by atoms with Gasteiger partial charge in [-0.25, -0.2) is 0 Å². The minimum Gasteiger partial charge on any atom is -0.342 e. The molecule has 0 aliphatic carbocycles. The number of para-hydroxylation sites is 1. The van der Waals surface area contributed by atoms with Crippen molar-refractivity contribution in [2.24, 2.45) is 0 Å². The van der Waals surface area contributed by atoms with Crippen LogP contribution in [0.5, 0.6) is 0 Å². The molecule has 0 fully saturated rings. The molecule has 2 aromatic carbocycles. The van der Waals surface area contributed by atoms with E-state index in [1.54, 1.807) is 12.1 Å². The standard InChI is InChI=1S/C26H31N5O2S/c1-6-14-31-24(19(5)27-25(33)20-11-9-10-18(4)15-20)29-30-26(31)34-16-23(32)28-22-13-8-7-12-21(22)17(2)3/h6-13,15,17,19H,1,14,16H2,2-5H3,(H,27,33)(H,28,32)/t19-/m1/s1. The first kappa shape index (κ1) is 25.2. The number of anilines is 1. The molecule has 3 aromatic rings. The van der Waals surface area contributed by atoms with Gasteiger partial charge < -0.3 is 15.2 Å². The van der Waals surface area contributed by atoms with E-state index < -0.39 is 0 Å². The van der Waals surface area contributed by atoms with Gasteiger partial charge in [0.25, 0.3) is 5.91 Å². The van der Waals surface area contributed by atoms with Gasteiger partial charge in [-0.3, -0.25) is 9.59 Å². The second-order valence-corrected chi connectivity index (χ2v) is 9.33. The van der Waals surface area contributed by atoms with Crippen LogP contribution in [0.3, 0.4) is 0 Å². The molecule has 0 unspecified atom stereocenters. The predicted molar refractivity (Wildman–Crippen MR) is 137 cm³/mol. The van der Waals surface area contributed by atoms with Crippen LogP contribution in [0.2, 0.25) is 0 Å². The molecule has 0 saturated heterocycles. The number of aryl methyl sites for hydroxylation is 1. The third-order valence-electron chi connectivity index (χ3n) is 5.26. The lowest BCUT2D eigenvalue weighted by Crippen LogP contribution is -2.29. The highest BCUT2D eigenvalue weighted by molar-refractivity contribution is 7.99. The number of carbonyl (C=O) groups is 2. The summed E-state index contributed by atoms with van der Waals surface area (Å²) in [5.41, 5.74) is 3.53. The van der Waals surface area contributed by atoms with Crippen LogP contribution in [0.25, 0.3) is 0 Å². The van der Waals surface area contributed by atoms with Crippen LogP contribution >= 0.6 is 11.8 Å². The molecule has 0 aliphatic heterocycles. The zero-order valence-corrected chi connectivity index (χ0v) is 20.9. The Morgan fingerprint density at radius 1 is 1.12 bits per heavy atom. The number of nitrogens with one attached hydrogen (secondary N) is 2. The lowest BCUT2D eigenvalue weighted by molar-refractivity contribution is -0.113. The van der Waals surface area contributed by atoms with E-state index in [-0.39, 0.29) is 23.6 Å². The van der Waals surface area contributed by atoms with E-state index in [2.05, 4.69) is 41.3 Å². The highest BCUT2D eigenvalue weighted by Gasteiger charge is 2.21. The van der Waals surface area contributed by atoms with Crippen molar-refractivity contribution >= 4 is 29.3 Å². The van der Waals surface area contributed by atoms with Gasteiger partial charge in [0.1, 0.15) is 0 Å². The van der Waals surface area contributed by atoms with Crippen LogP contribution in [-0.4, -0.2) is 32.3 Å². The van der Waals surface area contributed by atoms with Crippen LogP contribution in [0, 0.1) is 6.92 Å². The van der Waals surface area contributed by atoms with Gasteiger partial charge in [-0.05, 0) is 43.5 Å². The summed E-state index contributed by atoms with van der Waals surface area (Å²) in [5.74, 6) is 0.800. The molecule has 0 bridgehead atoms. The third-order valence-corrected chi connectivity index (χ3v) is 6.23. The molecular weight excluding hydrogens is 446 g/mol. The van der Waals surface area contributed by atoms with Gasteiger partial charge in [0.15, 0.2) is 11.0 Å². The van der Waals surface area contributed by atoms with E-state index in [0.717, 1.165) is 16.8 Å². The molecule has 0 radical (unpaired) electrons. The molecule has 3 rings (SSSR count). The molecule has 8 heteroatoms. The molecule has 178 valence electrons. The fourth-order valence-corrected chi connectivity index (χ4v) is 4.34. The maximum atomic E-state index is 12.7. The number of carbonyl (C=O) groups excluding carboxylic acids is 2. The van der Waals surface area contributed by atoms with Crippen molar-refractivity contribution in [1.29, 1.82) is 0 Å². The number of thioether (sulfide) groups is 1. The first-order chi connectivity index (χ1) is 16.3. The summed E-state index contributed by atoms with van der Waals surface area (Å²) in [6.07, 6.45) is 1.74. The summed E-state index contributed by atoms with van der Waals surface area (Å²) in [7, 11) is 0. The van der Waals surface area contributed by atoms with E-state index in [4.69, 9.17) is 0 Å². The predicted octanol–water partition coefficient (Wildman–Crippen LogP) is 5.12. The Kier molecular flexibility index (Phi) is 8.65. The molecule has 1 heterocycles.